The van der Waals surface area contributed by atoms with Crippen LogP contribution in [0.4, 0.5) is 18.0 Å². The topological polar surface area (TPSA) is 79.5 Å². The maximum atomic E-state index is 12.6. The summed E-state index contributed by atoms with van der Waals surface area (Å²) in [7, 11) is 0. The third-order valence-electron chi connectivity index (χ3n) is 3.56. The number of benzene rings is 2. The van der Waals surface area contributed by atoms with Crippen molar-refractivity contribution in [2.24, 2.45) is 0 Å². The lowest BCUT2D eigenvalue weighted by Gasteiger charge is -2.11. The van der Waals surface area contributed by atoms with Crippen molar-refractivity contribution in [3.05, 3.63) is 65.7 Å². The van der Waals surface area contributed by atoms with Gasteiger partial charge in [0.2, 0.25) is 5.91 Å². The number of hydrogen-bond acceptors (Lipinski definition) is 3. The molecule has 0 aliphatic rings. The highest BCUT2D eigenvalue weighted by molar-refractivity contribution is 5.83. The third kappa shape index (κ3) is 7.56. The average Bonchev–Trinajstić information content (AvgIpc) is 2.68. The number of rotatable bonds is 8. The summed E-state index contributed by atoms with van der Waals surface area (Å²) in [5.41, 5.74) is 0.129. The van der Waals surface area contributed by atoms with Crippen molar-refractivity contribution in [2.75, 3.05) is 19.7 Å². The van der Waals surface area contributed by atoms with Crippen LogP contribution < -0.4 is 20.7 Å². The first-order chi connectivity index (χ1) is 13.3. The van der Waals surface area contributed by atoms with Crippen LogP contribution in [0.5, 0.6) is 5.75 Å². The van der Waals surface area contributed by atoms with Gasteiger partial charge in [0, 0.05) is 6.54 Å². The summed E-state index contributed by atoms with van der Waals surface area (Å²) >= 11 is 0. The number of nitrogens with one attached hydrogen (secondary N) is 3. The lowest BCUT2D eigenvalue weighted by Crippen LogP contribution is -2.42. The molecule has 0 aliphatic heterocycles. The van der Waals surface area contributed by atoms with E-state index in [1.807, 2.05) is 30.3 Å². The molecule has 0 fully saturated rings. The van der Waals surface area contributed by atoms with Crippen LogP contribution in [-0.2, 0) is 17.5 Å². The molecule has 3 amide bonds. The van der Waals surface area contributed by atoms with Crippen LogP contribution in [0.25, 0.3) is 0 Å². The van der Waals surface area contributed by atoms with Crippen LogP contribution in [0.1, 0.15) is 11.1 Å². The van der Waals surface area contributed by atoms with Crippen LogP contribution in [0, 0.1) is 0 Å². The molecule has 0 saturated heterocycles. The van der Waals surface area contributed by atoms with Crippen LogP contribution in [0.15, 0.2) is 54.6 Å². The average molecular weight is 395 g/mol. The van der Waals surface area contributed by atoms with Crippen molar-refractivity contribution in [2.45, 2.75) is 12.7 Å². The van der Waals surface area contributed by atoms with Crippen molar-refractivity contribution in [3.63, 3.8) is 0 Å². The molecule has 9 heteroatoms. The Labute approximate surface area is 160 Å². The Morgan fingerprint density at radius 3 is 2.39 bits per heavy atom. The second-order valence-corrected chi connectivity index (χ2v) is 5.75. The summed E-state index contributed by atoms with van der Waals surface area (Å²) < 4.78 is 43.0. The van der Waals surface area contributed by atoms with E-state index in [2.05, 4.69) is 16.0 Å². The number of amides is 3. The fourth-order valence-corrected chi connectivity index (χ4v) is 2.18. The summed E-state index contributed by atoms with van der Waals surface area (Å²) in [4.78, 5) is 23.3. The fraction of sp³-hybridized carbons (Fsp3) is 0.263. The molecule has 2 aromatic rings. The number of halogens is 3. The first-order valence-electron chi connectivity index (χ1n) is 8.47. The predicted octanol–water partition coefficient (Wildman–Crippen LogP) is 2.70. The smallest absolute Gasteiger partial charge is 0.416 e. The van der Waals surface area contributed by atoms with Crippen molar-refractivity contribution >= 4 is 11.9 Å². The summed E-state index contributed by atoms with van der Waals surface area (Å²) in [5, 5.41) is 7.49. The molecule has 0 bridgehead atoms. The van der Waals surface area contributed by atoms with Gasteiger partial charge >= 0.3 is 12.2 Å². The predicted molar refractivity (Wildman–Crippen MR) is 96.6 cm³/mol. The SMILES string of the molecule is O=C(CNC(=O)NCCOc1cccc(C(F)(F)F)c1)NCc1ccccc1. The van der Waals surface area contributed by atoms with E-state index < -0.39 is 17.8 Å². The zero-order chi connectivity index (χ0) is 20.4. The molecule has 2 aromatic carbocycles. The van der Waals surface area contributed by atoms with E-state index in [1.165, 1.54) is 12.1 Å². The molecule has 0 unspecified atom stereocenters. The van der Waals surface area contributed by atoms with E-state index in [1.54, 1.807) is 0 Å². The molecular formula is C19H20F3N3O3. The number of hydrogen-bond donors (Lipinski definition) is 3. The van der Waals surface area contributed by atoms with Gasteiger partial charge in [-0.05, 0) is 23.8 Å². The van der Waals surface area contributed by atoms with Crippen molar-refractivity contribution in [1.82, 2.24) is 16.0 Å². The van der Waals surface area contributed by atoms with Gasteiger partial charge in [-0.2, -0.15) is 13.2 Å². The van der Waals surface area contributed by atoms with E-state index in [9.17, 15) is 22.8 Å². The Morgan fingerprint density at radius 2 is 1.68 bits per heavy atom. The number of alkyl halides is 3. The van der Waals surface area contributed by atoms with Crippen molar-refractivity contribution in [3.8, 4) is 5.75 Å². The summed E-state index contributed by atoms with van der Waals surface area (Å²) in [6, 6.07) is 13.2. The second-order valence-electron chi connectivity index (χ2n) is 5.75. The minimum atomic E-state index is -4.45. The van der Waals surface area contributed by atoms with Gasteiger partial charge in [0.15, 0.2) is 0 Å². The van der Waals surface area contributed by atoms with E-state index in [-0.39, 0.29) is 31.4 Å². The molecule has 2 rings (SSSR count). The molecule has 0 atom stereocenters. The summed E-state index contributed by atoms with van der Waals surface area (Å²) in [5.74, 6) is -0.295. The molecular weight excluding hydrogens is 375 g/mol. The Balaban J connectivity index is 1.60. The minimum Gasteiger partial charge on any atom is -0.492 e. The van der Waals surface area contributed by atoms with E-state index in [0.29, 0.717) is 6.54 Å². The zero-order valence-corrected chi connectivity index (χ0v) is 14.9. The molecule has 0 spiro atoms. The molecule has 0 radical (unpaired) electrons. The number of carbonyl (C=O) groups excluding carboxylic acids is 2. The first kappa shape index (κ1) is 21.1. The highest BCUT2D eigenvalue weighted by atomic mass is 19.4. The third-order valence-corrected chi connectivity index (χ3v) is 3.56. The Morgan fingerprint density at radius 1 is 0.929 bits per heavy atom. The molecule has 6 nitrogen and oxygen atoms in total. The number of urea groups is 1. The highest BCUT2D eigenvalue weighted by Gasteiger charge is 2.30. The lowest BCUT2D eigenvalue weighted by atomic mass is 10.2. The number of carbonyl (C=O) groups is 2. The first-order valence-corrected chi connectivity index (χ1v) is 8.47. The van der Waals surface area contributed by atoms with E-state index >= 15 is 0 Å². The highest BCUT2D eigenvalue weighted by Crippen LogP contribution is 2.31. The van der Waals surface area contributed by atoms with Gasteiger partial charge in [0.25, 0.3) is 0 Å². The molecule has 0 aromatic heterocycles. The monoisotopic (exact) mass is 395 g/mol. The van der Waals surface area contributed by atoms with Crippen LogP contribution in [-0.4, -0.2) is 31.6 Å². The van der Waals surface area contributed by atoms with Crippen LogP contribution in [0.2, 0.25) is 0 Å². The zero-order valence-electron chi connectivity index (χ0n) is 14.9. The second kappa shape index (κ2) is 10.2. The summed E-state index contributed by atoms with van der Waals surface area (Å²) in [6.45, 7) is 0.198. The van der Waals surface area contributed by atoms with Gasteiger partial charge in [0.05, 0.1) is 18.7 Å². The standard InChI is InChI=1S/C19H20F3N3O3/c20-19(21,22)15-7-4-8-16(11-15)28-10-9-23-18(27)25-13-17(26)24-12-14-5-2-1-3-6-14/h1-8,11H,9-10,12-13H2,(H,24,26)(H2,23,25,27). The van der Waals surface area contributed by atoms with Crippen molar-refractivity contribution in [1.29, 1.82) is 0 Å². The molecule has 0 saturated carbocycles. The minimum absolute atomic E-state index is 0.0189. The maximum Gasteiger partial charge on any atom is 0.416 e. The van der Waals surface area contributed by atoms with Gasteiger partial charge in [-0.3, -0.25) is 4.79 Å². The van der Waals surface area contributed by atoms with Gasteiger partial charge in [-0.1, -0.05) is 36.4 Å². The van der Waals surface area contributed by atoms with E-state index in [0.717, 1.165) is 17.7 Å². The number of ether oxygens (including phenoxy) is 1. The van der Waals surface area contributed by atoms with Crippen molar-refractivity contribution < 1.29 is 27.5 Å². The Kier molecular flexibility index (Phi) is 7.67. The van der Waals surface area contributed by atoms with Crippen LogP contribution >= 0.6 is 0 Å². The Bertz CT molecular complexity index is 783. The largest absolute Gasteiger partial charge is 0.492 e. The van der Waals surface area contributed by atoms with Crippen LogP contribution in [0.3, 0.4) is 0 Å². The van der Waals surface area contributed by atoms with Gasteiger partial charge in [-0.25, -0.2) is 4.79 Å². The molecule has 0 heterocycles. The maximum absolute atomic E-state index is 12.6. The molecule has 0 aliphatic carbocycles. The quantitative estimate of drug-likeness (QED) is 0.602. The summed E-state index contributed by atoms with van der Waals surface area (Å²) in [6.07, 6.45) is -4.45. The molecule has 28 heavy (non-hydrogen) atoms. The Hall–Kier alpha value is -3.23. The lowest BCUT2D eigenvalue weighted by molar-refractivity contribution is -0.137. The van der Waals surface area contributed by atoms with Gasteiger partial charge < -0.3 is 20.7 Å². The molecule has 150 valence electrons. The molecule has 3 N–H and O–H groups in total. The fourth-order valence-electron chi connectivity index (χ4n) is 2.18. The van der Waals surface area contributed by atoms with Gasteiger partial charge in [0.1, 0.15) is 12.4 Å². The normalized spacial score (nSPS) is 10.8. The van der Waals surface area contributed by atoms with E-state index in [4.69, 9.17) is 4.74 Å². The van der Waals surface area contributed by atoms with Gasteiger partial charge in [-0.15, -0.1) is 0 Å².